The number of nitrogens with zero attached hydrogens (tertiary/aromatic N) is 1. The molecule has 1 saturated heterocycles. The van der Waals surface area contributed by atoms with Crippen LogP contribution in [0.1, 0.15) is 50.0 Å². The van der Waals surface area contributed by atoms with Crippen LogP contribution < -0.4 is 5.32 Å². The number of hydrogen-bond acceptors (Lipinski definition) is 3. The van der Waals surface area contributed by atoms with Crippen LogP contribution in [0.3, 0.4) is 0 Å². The fourth-order valence-corrected chi connectivity index (χ4v) is 3.86. The van der Waals surface area contributed by atoms with Gasteiger partial charge >= 0.3 is 0 Å². The van der Waals surface area contributed by atoms with E-state index in [0.29, 0.717) is 49.3 Å². The first-order valence-corrected chi connectivity index (χ1v) is 10.8. The Morgan fingerprint density at radius 2 is 2.03 bits per heavy atom. The van der Waals surface area contributed by atoms with Crippen molar-refractivity contribution < 1.29 is 14.3 Å². The maximum absolute atomic E-state index is 12.8. The van der Waals surface area contributed by atoms with Crippen molar-refractivity contribution >= 4 is 34.3 Å². The number of piperidine rings is 1. The number of ether oxygens (including phenoxy) is 1. The van der Waals surface area contributed by atoms with E-state index in [-0.39, 0.29) is 17.9 Å². The van der Waals surface area contributed by atoms with Gasteiger partial charge in [0.2, 0.25) is 5.91 Å². The molecule has 158 valence electrons. The summed E-state index contributed by atoms with van der Waals surface area (Å²) in [6.07, 6.45) is 3.27. The molecule has 0 aliphatic carbocycles. The molecule has 7 heteroatoms. The van der Waals surface area contributed by atoms with Crippen molar-refractivity contribution in [2.75, 3.05) is 26.2 Å². The van der Waals surface area contributed by atoms with E-state index >= 15 is 0 Å². The van der Waals surface area contributed by atoms with Crippen LogP contribution >= 0.6 is 11.6 Å². The highest BCUT2D eigenvalue weighted by molar-refractivity contribution is 6.31. The topological polar surface area (TPSA) is 74.4 Å². The number of hydrogen-bond donors (Lipinski definition) is 2. The van der Waals surface area contributed by atoms with Crippen LogP contribution in [0.4, 0.5) is 0 Å². The van der Waals surface area contributed by atoms with E-state index in [4.69, 9.17) is 16.3 Å². The summed E-state index contributed by atoms with van der Waals surface area (Å²) in [6, 6.07) is 7.40. The molecule has 29 heavy (non-hydrogen) atoms. The number of likely N-dealkylation sites (tertiary alicyclic amines) is 1. The average Bonchev–Trinajstić information content (AvgIpc) is 3.10. The van der Waals surface area contributed by atoms with Gasteiger partial charge in [-0.2, -0.15) is 0 Å². The minimum atomic E-state index is 0.00498. The zero-order chi connectivity index (χ0) is 20.8. The van der Waals surface area contributed by atoms with Crippen LogP contribution in [-0.2, 0) is 9.53 Å². The normalized spacial score (nSPS) is 15.2. The molecule has 0 unspecified atom stereocenters. The van der Waals surface area contributed by atoms with Gasteiger partial charge in [0, 0.05) is 48.6 Å². The van der Waals surface area contributed by atoms with E-state index < -0.39 is 0 Å². The van der Waals surface area contributed by atoms with E-state index in [1.165, 1.54) is 0 Å². The number of nitrogens with one attached hydrogen (secondary N) is 2. The van der Waals surface area contributed by atoms with Gasteiger partial charge < -0.3 is 19.9 Å². The van der Waals surface area contributed by atoms with Crippen molar-refractivity contribution in [3.8, 4) is 0 Å². The number of H-pyrrole nitrogens is 1. The van der Waals surface area contributed by atoms with Crippen LogP contribution in [0.25, 0.3) is 10.9 Å². The molecule has 1 fully saturated rings. The maximum atomic E-state index is 12.8. The van der Waals surface area contributed by atoms with E-state index in [2.05, 4.69) is 10.3 Å². The molecule has 2 aromatic rings. The number of amides is 2. The predicted octanol–water partition coefficient (Wildman–Crippen LogP) is 3.99. The highest BCUT2D eigenvalue weighted by Gasteiger charge is 2.25. The molecule has 2 amide bonds. The van der Waals surface area contributed by atoms with Crippen molar-refractivity contribution in [2.24, 2.45) is 5.92 Å². The van der Waals surface area contributed by atoms with Gasteiger partial charge in [0.05, 0.1) is 6.10 Å². The first-order chi connectivity index (χ1) is 13.9. The Balaban J connectivity index is 1.41. The lowest BCUT2D eigenvalue weighted by Gasteiger charge is -2.31. The minimum Gasteiger partial charge on any atom is -0.379 e. The summed E-state index contributed by atoms with van der Waals surface area (Å²) in [7, 11) is 0. The number of fused-ring (bicyclic) bond motifs is 1. The van der Waals surface area contributed by atoms with Gasteiger partial charge in [0.25, 0.3) is 5.91 Å². The molecule has 1 aliphatic rings. The molecular formula is C22H30ClN3O3. The molecule has 1 aromatic carbocycles. The van der Waals surface area contributed by atoms with Gasteiger partial charge in [-0.1, -0.05) is 11.6 Å². The highest BCUT2D eigenvalue weighted by Crippen LogP contribution is 2.24. The van der Waals surface area contributed by atoms with E-state index in [9.17, 15) is 9.59 Å². The SMILES string of the molecule is CC(C)OCCCNC(=O)CC1CCN(C(=O)c2cc3cc(Cl)ccc3[nH]2)CC1. The molecule has 0 spiro atoms. The van der Waals surface area contributed by atoms with Crippen LogP contribution in [-0.4, -0.2) is 54.0 Å². The van der Waals surface area contributed by atoms with Gasteiger partial charge in [-0.25, -0.2) is 0 Å². The van der Waals surface area contributed by atoms with Crippen LogP contribution in [0.5, 0.6) is 0 Å². The highest BCUT2D eigenvalue weighted by atomic mass is 35.5. The monoisotopic (exact) mass is 419 g/mol. The summed E-state index contributed by atoms with van der Waals surface area (Å²) in [4.78, 5) is 30.0. The number of halogens is 1. The van der Waals surface area contributed by atoms with Gasteiger partial charge in [-0.05, 0) is 63.3 Å². The molecule has 0 saturated carbocycles. The largest absolute Gasteiger partial charge is 0.379 e. The van der Waals surface area contributed by atoms with Gasteiger partial charge in [-0.3, -0.25) is 9.59 Å². The van der Waals surface area contributed by atoms with Gasteiger partial charge in [0.15, 0.2) is 0 Å². The summed E-state index contributed by atoms with van der Waals surface area (Å²) < 4.78 is 5.47. The lowest BCUT2D eigenvalue weighted by molar-refractivity contribution is -0.122. The second-order valence-electron chi connectivity index (χ2n) is 7.98. The maximum Gasteiger partial charge on any atom is 0.270 e. The third-order valence-electron chi connectivity index (χ3n) is 5.28. The van der Waals surface area contributed by atoms with Crippen molar-refractivity contribution in [3.05, 3.63) is 35.0 Å². The first kappa shape index (κ1) is 21.7. The molecule has 1 aromatic heterocycles. The van der Waals surface area contributed by atoms with Crippen molar-refractivity contribution in [3.63, 3.8) is 0 Å². The molecule has 0 radical (unpaired) electrons. The first-order valence-electron chi connectivity index (χ1n) is 10.4. The Morgan fingerprint density at radius 3 is 2.76 bits per heavy atom. The third-order valence-corrected chi connectivity index (χ3v) is 5.52. The zero-order valence-electron chi connectivity index (χ0n) is 17.2. The van der Waals surface area contributed by atoms with Crippen LogP contribution in [0, 0.1) is 5.92 Å². The Hall–Kier alpha value is -2.05. The van der Waals surface area contributed by atoms with Gasteiger partial charge in [-0.15, -0.1) is 0 Å². The van der Waals surface area contributed by atoms with Crippen molar-refractivity contribution in [1.29, 1.82) is 0 Å². The molecule has 3 rings (SSSR count). The number of carbonyl (C=O) groups is 2. The Bertz CT molecular complexity index is 841. The fourth-order valence-electron chi connectivity index (χ4n) is 3.68. The summed E-state index contributed by atoms with van der Waals surface area (Å²) >= 11 is 6.03. The number of rotatable bonds is 8. The second-order valence-corrected chi connectivity index (χ2v) is 8.41. The number of aromatic nitrogens is 1. The number of benzene rings is 1. The molecular weight excluding hydrogens is 390 g/mol. The van der Waals surface area contributed by atoms with Gasteiger partial charge in [0.1, 0.15) is 5.69 Å². The smallest absolute Gasteiger partial charge is 0.270 e. The van der Waals surface area contributed by atoms with Crippen LogP contribution in [0.15, 0.2) is 24.3 Å². The standard InChI is InChI=1S/C22H30ClN3O3/c1-15(2)29-11-3-8-24-21(27)12-16-6-9-26(10-7-16)22(28)20-14-17-13-18(23)4-5-19(17)25-20/h4-5,13-16,25H,3,6-12H2,1-2H3,(H,24,27). The molecule has 6 nitrogen and oxygen atoms in total. The van der Waals surface area contributed by atoms with E-state index in [1.54, 1.807) is 0 Å². The Morgan fingerprint density at radius 1 is 1.28 bits per heavy atom. The van der Waals surface area contributed by atoms with Crippen molar-refractivity contribution in [1.82, 2.24) is 15.2 Å². The number of aromatic amines is 1. The summed E-state index contributed by atoms with van der Waals surface area (Å²) in [5.41, 5.74) is 1.49. The van der Waals surface area contributed by atoms with E-state index in [0.717, 1.165) is 30.2 Å². The average molecular weight is 420 g/mol. The predicted molar refractivity (Wildman–Crippen MR) is 115 cm³/mol. The lowest BCUT2D eigenvalue weighted by Crippen LogP contribution is -2.40. The van der Waals surface area contributed by atoms with Crippen molar-refractivity contribution in [2.45, 2.75) is 45.6 Å². The molecule has 2 heterocycles. The molecule has 1 aliphatic heterocycles. The summed E-state index contributed by atoms with van der Waals surface area (Å²) in [6.45, 7) is 6.67. The van der Waals surface area contributed by atoms with Crippen LogP contribution in [0.2, 0.25) is 5.02 Å². The number of carbonyl (C=O) groups excluding carboxylic acids is 2. The third kappa shape index (κ3) is 6.21. The zero-order valence-corrected chi connectivity index (χ0v) is 17.9. The lowest BCUT2D eigenvalue weighted by atomic mass is 9.93. The Kier molecular flexibility index (Phi) is 7.56. The van der Waals surface area contributed by atoms with E-state index in [1.807, 2.05) is 43.0 Å². The minimum absolute atomic E-state index is 0.00498. The quantitative estimate of drug-likeness (QED) is 0.635. The molecule has 0 atom stereocenters. The fraction of sp³-hybridized carbons (Fsp3) is 0.545. The second kappa shape index (κ2) is 10.1. The Labute approximate surface area is 176 Å². The summed E-state index contributed by atoms with van der Waals surface area (Å²) in [5.74, 6) is 0.421. The summed E-state index contributed by atoms with van der Waals surface area (Å²) in [5, 5.41) is 4.56. The molecule has 0 bridgehead atoms. The molecule has 2 N–H and O–H groups in total.